The largest absolute Gasteiger partial charge is 0.379 e. The van der Waals surface area contributed by atoms with E-state index in [-0.39, 0.29) is 0 Å². The van der Waals surface area contributed by atoms with Gasteiger partial charge < -0.3 is 19.7 Å². The fourth-order valence-electron chi connectivity index (χ4n) is 3.31. The predicted molar refractivity (Wildman–Crippen MR) is 86.7 cm³/mol. The molecular formula is C17H34N2O2. The lowest BCUT2D eigenvalue weighted by molar-refractivity contribution is 0.0164. The molecule has 0 bridgehead atoms. The SMILES string of the molecule is CC(C)CN1CCC(NCCCOCC2CCCO2)CC1. The zero-order valence-corrected chi connectivity index (χ0v) is 14.0. The van der Waals surface area contributed by atoms with Gasteiger partial charge in [0.15, 0.2) is 0 Å². The van der Waals surface area contributed by atoms with Crippen molar-refractivity contribution < 1.29 is 9.47 Å². The molecule has 2 fully saturated rings. The fourth-order valence-corrected chi connectivity index (χ4v) is 3.31. The Morgan fingerprint density at radius 3 is 2.71 bits per heavy atom. The van der Waals surface area contributed by atoms with Crippen LogP contribution in [0.5, 0.6) is 0 Å². The van der Waals surface area contributed by atoms with Gasteiger partial charge in [0.25, 0.3) is 0 Å². The minimum atomic E-state index is 0.364. The summed E-state index contributed by atoms with van der Waals surface area (Å²) in [5.41, 5.74) is 0. The van der Waals surface area contributed by atoms with Crippen LogP contribution in [0.3, 0.4) is 0 Å². The smallest absolute Gasteiger partial charge is 0.0809 e. The molecule has 124 valence electrons. The molecule has 0 radical (unpaired) electrons. The number of ether oxygens (including phenoxy) is 2. The molecule has 2 saturated heterocycles. The highest BCUT2D eigenvalue weighted by atomic mass is 16.5. The monoisotopic (exact) mass is 298 g/mol. The van der Waals surface area contributed by atoms with E-state index in [9.17, 15) is 0 Å². The molecule has 1 N–H and O–H groups in total. The van der Waals surface area contributed by atoms with Crippen molar-refractivity contribution in [2.75, 3.05) is 46.0 Å². The normalized spacial score (nSPS) is 25.0. The molecule has 1 unspecified atom stereocenters. The van der Waals surface area contributed by atoms with Crippen molar-refractivity contribution >= 4 is 0 Å². The van der Waals surface area contributed by atoms with Crippen molar-refractivity contribution in [2.24, 2.45) is 5.92 Å². The molecular weight excluding hydrogens is 264 g/mol. The molecule has 2 aliphatic heterocycles. The maximum Gasteiger partial charge on any atom is 0.0809 e. The number of nitrogens with one attached hydrogen (secondary N) is 1. The quantitative estimate of drug-likeness (QED) is 0.662. The van der Waals surface area contributed by atoms with Gasteiger partial charge in [-0.3, -0.25) is 0 Å². The van der Waals surface area contributed by atoms with Crippen molar-refractivity contribution in [1.29, 1.82) is 0 Å². The zero-order valence-electron chi connectivity index (χ0n) is 14.0. The average Bonchev–Trinajstić information content (AvgIpc) is 2.97. The minimum Gasteiger partial charge on any atom is -0.379 e. The first-order chi connectivity index (χ1) is 10.2. The van der Waals surface area contributed by atoms with Crippen LogP contribution in [0.1, 0.15) is 46.0 Å². The Balaban J connectivity index is 1.41. The highest BCUT2D eigenvalue weighted by Gasteiger charge is 2.19. The number of hydrogen-bond acceptors (Lipinski definition) is 4. The fraction of sp³-hybridized carbons (Fsp3) is 1.00. The van der Waals surface area contributed by atoms with E-state index in [4.69, 9.17) is 9.47 Å². The summed E-state index contributed by atoms with van der Waals surface area (Å²) < 4.78 is 11.2. The second kappa shape index (κ2) is 9.78. The molecule has 0 aromatic rings. The zero-order chi connectivity index (χ0) is 14.9. The van der Waals surface area contributed by atoms with Gasteiger partial charge in [-0.25, -0.2) is 0 Å². The van der Waals surface area contributed by atoms with Crippen LogP contribution in [-0.2, 0) is 9.47 Å². The second-order valence-corrected chi connectivity index (χ2v) is 6.99. The minimum absolute atomic E-state index is 0.364. The summed E-state index contributed by atoms with van der Waals surface area (Å²) in [6.07, 6.45) is 6.44. The Bertz CT molecular complexity index is 260. The van der Waals surface area contributed by atoms with Crippen molar-refractivity contribution in [3.05, 3.63) is 0 Å². The van der Waals surface area contributed by atoms with Gasteiger partial charge in [-0.2, -0.15) is 0 Å². The molecule has 0 amide bonds. The Hall–Kier alpha value is -0.160. The van der Waals surface area contributed by atoms with E-state index in [0.29, 0.717) is 12.1 Å². The molecule has 4 heteroatoms. The van der Waals surface area contributed by atoms with E-state index in [1.165, 1.54) is 45.3 Å². The summed E-state index contributed by atoms with van der Waals surface area (Å²) in [5, 5.41) is 3.69. The molecule has 1 atom stereocenters. The molecule has 0 saturated carbocycles. The van der Waals surface area contributed by atoms with Gasteiger partial charge in [-0.1, -0.05) is 13.8 Å². The number of piperidine rings is 1. The summed E-state index contributed by atoms with van der Waals surface area (Å²) in [6.45, 7) is 12.0. The van der Waals surface area contributed by atoms with Crippen LogP contribution >= 0.6 is 0 Å². The van der Waals surface area contributed by atoms with Crippen molar-refractivity contribution in [2.45, 2.75) is 58.1 Å². The Morgan fingerprint density at radius 2 is 2.05 bits per heavy atom. The van der Waals surface area contributed by atoms with Crippen LogP contribution < -0.4 is 5.32 Å². The maximum absolute atomic E-state index is 5.69. The lowest BCUT2D eigenvalue weighted by Gasteiger charge is -2.33. The highest BCUT2D eigenvalue weighted by Crippen LogP contribution is 2.13. The molecule has 0 aliphatic carbocycles. The molecule has 0 aromatic heterocycles. The molecule has 0 spiro atoms. The van der Waals surface area contributed by atoms with Gasteiger partial charge in [0, 0.05) is 25.8 Å². The Labute approximate surface area is 130 Å². The van der Waals surface area contributed by atoms with Crippen molar-refractivity contribution in [1.82, 2.24) is 10.2 Å². The van der Waals surface area contributed by atoms with Gasteiger partial charge in [0.1, 0.15) is 0 Å². The van der Waals surface area contributed by atoms with E-state index < -0.39 is 0 Å². The third-order valence-corrected chi connectivity index (χ3v) is 4.44. The van der Waals surface area contributed by atoms with Crippen LogP contribution in [0.15, 0.2) is 0 Å². The Kier molecular flexibility index (Phi) is 8.01. The van der Waals surface area contributed by atoms with Crippen LogP contribution in [0, 0.1) is 5.92 Å². The van der Waals surface area contributed by atoms with Crippen molar-refractivity contribution in [3.63, 3.8) is 0 Å². The van der Waals surface area contributed by atoms with Gasteiger partial charge in [0.05, 0.1) is 12.7 Å². The molecule has 2 aliphatic rings. The summed E-state index contributed by atoms with van der Waals surface area (Å²) in [5.74, 6) is 0.788. The van der Waals surface area contributed by atoms with E-state index in [1.807, 2.05) is 0 Å². The first kappa shape index (κ1) is 17.2. The molecule has 0 aromatic carbocycles. The van der Waals surface area contributed by atoms with Crippen LogP contribution in [0.4, 0.5) is 0 Å². The third-order valence-electron chi connectivity index (χ3n) is 4.44. The predicted octanol–water partition coefficient (Wildman–Crippen LogP) is 2.28. The second-order valence-electron chi connectivity index (χ2n) is 6.99. The summed E-state index contributed by atoms with van der Waals surface area (Å²) in [4.78, 5) is 2.60. The lowest BCUT2D eigenvalue weighted by Crippen LogP contribution is -2.43. The number of hydrogen-bond donors (Lipinski definition) is 1. The van der Waals surface area contributed by atoms with Crippen LogP contribution in [0.25, 0.3) is 0 Å². The van der Waals surface area contributed by atoms with E-state index in [0.717, 1.165) is 38.7 Å². The first-order valence-electron chi connectivity index (χ1n) is 8.89. The summed E-state index contributed by atoms with van der Waals surface area (Å²) in [6, 6.07) is 0.714. The standard InChI is InChI=1S/C17H34N2O2/c1-15(2)13-19-9-6-16(7-10-19)18-8-4-11-20-14-17-5-3-12-21-17/h15-18H,3-14H2,1-2H3. The van der Waals surface area contributed by atoms with E-state index in [1.54, 1.807) is 0 Å². The van der Waals surface area contributed by atoms with Gasteiger partial charge >= 0.3 is 0 Å². The lowest BCUT2D eigenvalue weighted by atomic mass is 10.0. The Morgan fingerprint density at radius 1 is 1.24 bits per heavy atom. The van der Waals surface area contributed by atoms with Gasteiger partial charge in [-0.15, -0.1) is 0 Å². The van der Waals surface area contributed by atoms with E-state index in [2.05, 4.69) is 24.1 Å². The molecule has 4 nitrogen and oxygen atoms in total. The van der Waals surface area contributed by atoms with E-state index >= 15 is 0 Å². The number of rotatable bonds is 9. The molecule has 2 rings (SSSR count). The van der Waals surface area contributed by atoms with Crippen molar-refractivity contribution in [3.8, 4) is 0 Å². The highest BCUT2D eigenvalue weighted by molar-refractivity contribution is 4.77. The summed E-state index contributed by atoms with van der Waals surface area (Å²) >= 11 is 0. The van der Waals surface area contributed by atoms with Crippen LogP contribution in [0.2, 0.25) is 0 Å². The number of nitrogens with zero attached hydrogens (tertiary/aromatic N) is 1. The van der Waals surface area contributed by atoms with Gasteiger partial charge in [0.2, 0.25) is 0 Å². The molecule has 21 heavy (non-hydrogen) atoms. The first-order valence-corrected chi connectivity index (χ1v) is 8.89. The van der Waals surface area contributed by atoms with Crippen LogP contribution in [-0.4, -0.2) is 63.0 Å². The average molecular weight is 298 g/mol. The third kappa shape index (κ3) is 7.09. The number of likely N-dealkylation sites (tertiary alicyclic amines) is 1. The molecule has 2 heterocycles. The van der Waals surface area contributed by atoms with Gasteiger partial charge in [-0.05, 0) is 57.7 Å². The maximum atomic E-state index is 5.69. The topological polar surface area (TPSA) is 33.7 Å². The summed E-state index contributed by atoms with van der Waals surface area (Å²) in [7, 11) is 0.